The molecule has 5 heteroatoms. The number of amides is 1. The number of carbonyl (C=O) groups excluding carboxylic acids is 1. The minimum Gasteiger partial charge on any atom is -0.478 e. The van der Waals surface area contributed by atoms with Gasteiger partial charge in [-0.1, -0.05) is 66.7 Å². The number of hydrogen-bond donors (Lipinski definition) is 1. The van der Waals surface area contributed by atoms with Gasteiger partial charge < -0.3 is 5.11 Å². The largest absolute Gasteiger partial charge is 0.478 e. The molecule has 0 fully saturated rings. The quantitative estimate of drug-likeness (QED) is 0.706. The van der Waals surface area contributed by atoms with Crippen molar-refractivity contribution in [3.63, 3.8) is 0 Å². The SMILES string of the molecule is CC(=O)N1N=C(c2ccc(-c3ccccc3)cc2)CC1c1ccc(C(=O)O)cc1. The van der Waals surface area contributed by atoms with Gasteiger partial charge in [-0.2, -0.15) is 5.10 Å². The van der Waals surface area contributed by atoms with Crippen LogP contribution in [0.25, 0.3) is 11.1 Å². The molecule has 1 heterocycles. The van der Waals surface area contributed by atoms with E-state index >= 15 is 0 Å². The Kier molecular flexibility index (Phi) is 4.96. The van der Waals surface area contributed by atoms with Crippen molar-refractivity contribution in [3.8, 4) is 11.1 Å². The van der Waals surface area contributed by atoms with E-state index in [4.69, 9.17) is 5.11 Å². The summed E-state index contributed by atoms with van der Waals surface area (Å²) in [5, 5.41) is 15.1. The highest BCUT2D eigenvalue weighted by Crippen LogP contribution is 2.33. The fourth-order valence-corrected chi connectivity index (χ4v) is 3.57. The van der Waals surface area contributed by atoms with Crippen LogP contribution in [0, 0.1) is 0 Å². The van der Waals surface area contributed by atoms with Gasteiger partial charge in [0.25, 0.3) is 0 Å². The van der Waals surface area contributed by atoms with Gasteiger partial charge in [-0.15, -0.1) is 0 Å². The molecular formula is C24H20N2O3. The summed E-state index contributed by atoms with van der Waals surface area (Å²) in [6.45, 7) is 1.49. The summed E-state index contributed by atoms with van der Waals surface area (Å²) in [6, 6.07) is 24.7. The van der Waals surface area contributed by atoms with E-state index in [1.54, 1.807) is 24.3 Å². The Balaban J connectivity index is 1.59. The number of hydrazone groups is 1. The first kappa shape index (κ1) is 18.6. The summed E-state index contributed by atoms with van der Waals surface area (Å²) in [5.74, 6) is -1.12. The molecule has 0 radical (unpaired) electrons. The molecule has 0 saturated carbocycles. The highest BCUT2D eigenvalue weighted by molar-refractivity contribution is 6.03. The van der Waals surface area contributed by atoms with E-state index in [9.17, 15) is 9.59 Å². The average Bonchev–Trinajstić information content (AvgIpc) is 3.20. The molecule has 1 atom stereocenters. The first-order valence-electron chi connectivity index (χ1n) is 9.39. The lowest BCUT2D eigenvalue weighted by Crippen LogP contribution is -2.24. The van der Waals surface area contributed by atoms with Crippen LogP contribution in [0.4, 0.5) is 0 Å². The van der Waals surface area contributed by atoms with Crippen molar-refractivity contribution in [1.29, 1.82) is 0 Å². The number of rotatable bonds is 4. The molecule has 0 aromatic heterocycles. The molecule has 144 valence electrons. The van der Waals surface area contributed by atoms with E-state index in [0.29, 0.717) is 6.42 Å². The minimum absolute atomic E-state index is 0.145. The molecule has 0 spiro atoms. The molecule has 0 saturated heterocycles. The van der Waals surface area contributed by atoms with Crippen molar-refractivity contribution in [1.82, 2.24) is 5.01 Å². The second-order valence-corrected chi connectivity index (χ2v) is 7.00. The summed E-state index contributed by atoms with van der Waals surface area (Å²) in [5.41, 5.74) is 5.17. The lowest BCUT2D eigenvalue weighted by atomic mass is 9.96. The molecule has 5 nitrogen and oxygen atoms in total. The van der Waals surface area contributed by atoms with Crippen LogP contribution in [0.3, 0.4) is 0 Å². The third kappa shape index (κ3) is 3.80. The molecule has 1 N–H and O–H groups in total. The molecule has 0 bridgehead atoms. The van der Waals surface area contributed by atoms with E-state index in [-0.39, 0.29) is 17.5 Å². The normalized spacial score (nSPS) is 15.8. The molecule has 1 amide bonds. The number of aromatic carboxylic acids is 1. The second-order valence-electron chi connectivity index (χ2n) is 7.00. The van der Waals surface area contributed by atoms with E-state index < -0.39 is 5.97 Å². The third-order valence-corrected chi connectivity index (χ3v) is 5.10. The van der Waals surface area contributed by atoms with Crippen LogP contribution in [0.5, 0.6) is 0 Å². The Morgan fingerprint density at radius 3 is 2.03 bits per heavy atom. The van der Waals surface area contributed by atoms with Gasteiger partial charge >= 0.3 is 5.97 Å². The van der Waals surface area contributed by atoms with E-state index in [2.05, 4.69) is 29.4 Å². The predicted octanol–water partition coefficient (Wildman–Crippen LogP) is 4.75. The first-order chi connectivity index (χ1) is 14.0. The molecule has 29 heavy (non-hydrogen) atoms. The zero-order valence-corrected chi connectivity index (χ0v) is 15.9. The fourth-order valence-electron chi connectivity index (χ4n) is 3.57. The Morgan fingerprint density at radius 2 is 1.45 bits per heavy atom. The standard InChI is InChI=1S/C24H20N2O3/c1-16(27)26-23(20-11-13-21(14-12-20)24(28)29)15-22(25-26)19-9-7-18(8-10-19)17-5-3-2-4-6-17/h2-14,23H,15H2,1H3,(H,28,29). The summed E-state index contributed by atoms with van der Waals surface area (Å²) in [7, 11) is 0. The summed E-state index contributed by atoms with van der Waals surface area (Å²) >= 11 is 0. The lowest BCUT2D eigenvalue weighted by Gasteiger charge is -2.20. The van der Waals surface area contributed by atoms with Gasteiger partial charge in [-0.3, -0.25) is 4.79 Å². The first-order valence-corrected chi connectivity index (χ1v) is 9.39. The monoisotopic (exact) mass is 384 g/mol. The second kappa shape index (κ2) is 7.72. The van der Waals surface area contributed by atoms with Crippen molar-refractivity contribution < 1.29 is 14.7 Å². The molecule has 1 unspecified atom stereocenters. The number of carbonyl (C=O) groups is 2. The topological polar surface area (TPSA) is 70.0 Å². The van der Waals surface area contributed by atoms with Gasteiger partial charge in [-0.25, -0.2) is 9.80 Å². The van der Waals surface area contributed by atoms with Crippen molar-refractivity contribution >= 4 is 17.6 Å². The maximum absolute atomic E-state index is 12.1. The van der Waals surface area contributed by atoms with Crippen molar-refractivity contribution in [2.45, 2.75) is 19.4 Å². The zero-order valence-electron chi connectivity index (χ0n) is 15.9. The summed E-state index contributed by atoms with van der Waals surface area (Å²) in [4.78, 5) is 23.2. The highest BCUT2D eigenvalue weighted by atomic mass is 16.4. The maximum Gasteiger partial charge on any atom is 0.335 e. The molecule has 0 aliphatic carbocycles. The maximum atomic E-state index is 12.1. The Labute approximate surface area is 168 Å². The van der Waals surface area contributed by atoms with Gasteiger partial charge in [0.05, 0.1) is 17.3 Å². The molecule has 4 rings (SSSR count). The smallest absolute Gasteiger partial charge is 0.335 e. The highest BCUT2D eigenvalue weighted by Gasteiger charge is 2.31. The minimum atomic E-state index is -0.971. The zero-order chi connectivity index (χ0) is 20.4. The van der Waals surface area contributed by atoms with Crippen LogP contribution in [0.2, 0.25) is 0 Å². The van der Waals surface area contributed by atoms with Gasteiger partial charge in [-0.05, 0) is 34.4 Å². The van der Waals surface area contributed by atoms with E-state index in [1.807, 2.05) is 30.3 Å². The molecule has 3 aromatic carbocycles. The number of nitrogens with zero attached hydrogens (tertiary/aromatic N) is 2. The Bertz CT molecular complexity index is 1070. The number of benzene rings is 3. The molecule has 3 aromatic rings. The van der Waals surface area contributed by atoms with E-state index in [1.165, 1.54) is 11.9 Å². The van der Waals surface area contributed by atoms with Crippen molar-refractivity contribution in [2.75, 3.05) is 0 Å². The number of carboxylic acids is 1. The van der Waals surface area contributed by atoms with Crippen LogP contribution < -0.4 is 0 Å². The van der Waals surface area contributed by atoms with Crippen LogP contribution in [0.15, 0.2) is 84.0 Å². The van der Waals surface area contributed by atoms with Crippen LogP contribution in [0.1, 0.15) is 40.9 Å². The van der Waals surface area contributed by atoms with Crippen LogP contribution in [-0.4, -0.2) is 27.7 Å². The number of carboxylic acid groups (broad SMARTS) is 1. The fraction of sp³-hybridized carbons (Fsp3) is 0.125. The lowest BCUT2D eigenvalue weighted by molar-refractivity contribution is -0.130. The molecule has 1 aliphatic heterocycles. The van der Waals surface area contributed by atoms with Gasteiger partial charge in [0, 0.05) is 13.3 Å². The molecule has 1 aliphatic rings. The van der Waals surface area contributed by atoms with Crippen molar-refractivity contribution in [3.05, 3.63) is 95.6 Å². The average molecular weight is 384 g/mol. The van der Waals surface area contributed by atoms with Gasteiger partial charge in [0.15, 0.2) is 0 Å². The van der Waals surface area contributed by atoms with Crippen LogP contribution in [-0.2, 0) is 4.79 Å². The van der Waals surface area contributed by atoms with E-state index in [0.717, 1.165) is 28.0 Å². The molecular weight excluding hydrogens is 364 g/mol. The predicted molar refractivity (Wildman–Crippen MR) is 112 cm³/mol. The third-order valence-electron chi connectivity index (χ3n) is 5.10. The van der Waals surface area contributed by atoms with Gasteiger partial charge in [0.1, 0.15) is 0 Å². The Morgan fingerprint density at radius 1 is 0.862 bits per heavy atom. The summed E-state index contributed by atoms with van der Waals surface area (Å²) < 4.78 is 0. The van der Waals surface area contributed by atoms with Gasteiger partial charge in [0.2, 0.25) is 5.91 Å². The Hall–Kier alpha value is -3.73. The summed E-state index contributed by atoms with van der Waals surface area (Å²) in [6.07, 6.45) is 0.580. The van der Waals surface area contributed by atoms with Crippen LogP contribution >= 0.6 is 0 Å². The number of hydrogen-bond acceptors (Lipinski definition) is 3. The van der Waals surface area contributed by atoms with Crippen molar-refractivity contribution in [2.24, 2.45) is 5.10 Å².